The van der Waals surface area contributed by atoms with Gasteiger partial charge in [-0.1, -0.05) is 11.6 Å². The molecule has 76 valence electrons. The van der Waals surface area contributed by atoms with E-state index in [1.807, 2.05) is 0 Å². The molecule has 14 heavy (non-hydrogen) atoms. The fourth-order valence-corrected chi connectivity index (χ4v) is 1.62. The Balaban J connectivity index is 2.21. The van der Waals surface area contributed by atoms with E-state index in [9.17, 15) is 0 Å². The maximum atomic E-state index is 5.80. The minimum Gasteiger partial charge on any atom is -0.383 e. The molecule has 1 saturated heterocycles. The molecule has 0 radical (unpaired) electrons. The van der Waals surface area contributed by atoms with Crippen molar-refractivity contribution in [1.82, 2.24) is 15.3 Å². The molecule has 2 rings (SSSR count). The largest absolute Gasteiger partial charge is 0.383 e. The monoisotopic (exact) mass is 213 g/mol. The molecule has 0 atom stereocenters. The number of anilines is 2. The minimum atomic E-state index is 0.394. The number of rotatable bonds is 1. The van der Waals surface area contributed by atoms with E-state index in [-0.39, 0.29) is 0 Å². The van der Waals surface area contributed by atoms with E-state index in [4.69, 9.17) is 17.3 Å². The first-order valence-corrected chi connectivity index (χ1v) is 4.89. The fourth-order valence-electron chi connectivity index (χ4n) is 1.43. The Labute approximate surface area is 87.3 Å². The average molecular weight is 214 g/mol. The zero-order valence-electron chi connectivity index (χ0n) is 7.70. The molecule has 1 aromatic heterocycles. The van der Waals surface area contributed by atoms with Crippen LogP contribution in [0.4, 0.5) is 11.8 Å². The van der Waals surface area contributed by atoms with Gasteiger partial charge in [0.1, 0.15) is 11.0 Å². The lowest BCUT2D eigenvalue weighted by atomic mass is 10.4. The Bertz CT molecular complexity index is 303. The molecule has 0 aromatic carbocycles. The van der Waals surface area contributed by atoms with Gasteiger partial charge in [0.2, 0.25) is 5.95 Å². The molecule has 1 fully saturated rings. The highest BCUT2D eigenvalue weighted by molar-refractivity contribution is 6.29. The highest BCUT2D eigenvalue weighted by Gasteiger charge is 2.13. The molecule has 0 saturated carbocycles. The lowest BCUT2D eigenvalue weighted by molar-refractivity contribution is 0.580. The van der Waals surface area contributed by atoms with Crippen LogP contribution in [0.25, 0.3) is 0 Å². The molecule has 5 nitrogen and oxygen atoms in total. The van der Waals surface area contributed by atoms with Crippen LogP contribution in [0.15, 0.2) is 6.07 Å². The van der Waals surface area contributed by atoms with Gasteiger partial charge in [-0.15, -0.1) is 0 Å². The van der Waals surface area contributed by atoms with Gasteiger partial charge >= 0.3 is 0 Å². The minimum absolute atomic E-state index is 0.394. The maximum Gasteiger partial charge on any atom is 0.228 e. The van der Waals surface area contributed by atoms with Crippen LogP contribution in [-0.4, -0.2) is 36.1 Å². The fraction of sp³-hybridized carbons (Fsp3) is 0.500. The van der Waals surface area contributed by atoms with Gasteiger partial charge in [0.25, 0.3) is 0 Å². The van der Waals surface area contributed by atoms with Crippen LogP contribution in [0.3, 0.4) is 0 Å². The molecule has 0 unspecified atom stereocenters. The SMILES string of the molecule is Nc1cc(Cl)nc(N2CCNCC2)n1. The molecule has 6 heteroatoms. The Hall–Kier alpha value is -1.07. The van der Waals surface area contributed by atoms with Crippen molar-refractivity contribution in [2.45, 2.75) is 0 Å². The second-order valence-corrected chi connectivity index (χ2v) is 3.54. The number of aromatic nitrogens is 2. The maximum absolute atomic E-state index is 5.80. The summed E-state index contributed by atoms with van der Waals surface area (Å²) >= 11 is 5.80. The molecule has 0 spiro atoms. The molecule has 1 aliphatic heterocycles. The van der Waals surface area contributed by atoms with Crippen LogP contribution in [0.2, 0.25) is 5.15 Å². The highest BCUT2D eigenvalue weighted by Crippen LogP contribution is 2.15. The van der Waals surface area contributed by atoms with Gasteiger partial charge in [-0.2, -0.15) is 4.98 Å². The summed E-state index contributed by atoms with van der Waals surface area (Å²) < 4.78 is 0. The zero-order valence-corrected chi connectivity index (χ0v) is 8.46. The van der Waals surface area contributed by atoms with Crippen LogP contribution < -0.4 is 16.0 Å². The van der Waals surface area contributed by atoms with Crippen LogP contribution in [-0.2, 0) is 0 Å². The van der Waals surface area contributed by atoms with Gasteiger partial charge in [-0.3, -0.25) is 0 Å². The summed E-state index contributed by atoms with van der Waals surface area (Å²) in [5.41, 5.74) is 5.59. The van der Waals surface area contributed by atoms with Crippen molar-refractivity contribution in [3.63, 3.8) is 0 Å². The standard InChI is InChI=1S/C8H12ClN5/c9-6-5-7(10)13-8(12-6)14-3-1-11-2-4-14/h5,11H,1-4H2,(H2,10,12,13). The van der Waals surface area contributed by atoms with Crippen molar-refractivity contribution in [3.8, 4) is 0 Å². The smallest absolute Gasteiger partial charge is 0.228 e. The number of halogens is 1. The molecular formula is C8H12ClN5. The molecule has 1 aliphatic rings. The van der Waals surface area contributed by atoms with E-state index < -0.39 is 0 Å². The van der Waals surface area contributed by atoms with E-state index >= 15 is 0 Å². The first kappa shape index (κ1) is 9.48. The third-order valence-corrected chi connectivity index (χ3v) is 2.30. The van der Waals surface area contributed by atoms with Crippen molar-refractivity contribution in [2.75, 3.05) is 36.8 Å². The quantitative estimate of drug-likeness (QED) is 0.649. The first-order chi connectivity index (χ1) is 6.75. The topological polar surface area (TPSA) is 67.1 Å². The van der Waals surface area contributed by atoms with E-state index in [2.05, 4.69) is 20.2 Å². The van der Waals surface area contributed by atoms with Crippen LogP contribution >= 0.6 is 11.6 Å². The molecule has 1 aromatic rings. The summed E-state index contributed by atoms with van der Waals surface area (Å²) in [6.45, 7) is 3.66. The Morgan fingerprint density at radius 3 is 2.71 bits per heavy atom. The van der Waals surface area contributed by atoms with Crippen LogP contribution in [0, 0.1) is 0 Å². The van der Waals surface area contributed by atoms with E-state index in [1.165, 1.54) is 0 Å². The van der Waals surface area contributed by atoms with Crippen molar-refractivity contribution in [2.24, 2.45) is 0 Å². The van der Waals surface area contributed by atoms with Crippen molar-refractivity contribution in [3.05, 3.63) is 11.2 Å². The van der Waals surface area contributed by atoms with Gasteiger partial charge in [0.05, 0.1) is 0 Å². The van der Waals surface area contributed by atoms with Gasteiger partial charge in [-0.25, -0.2) is 4.98 Å². The predicted molar refractivity (Wildman–Crippen MR) is 56.5 cm³/mol. The summed E-state index contributed by atoms with van der Waals surface area (Å²) in [6, 6.07) is 1.55. The lowest BCUT2D eigenvalue weighted by Gasteiger charge is -2.27. The Kier molecular flexibility index (Phi) is 2.69. The first-order valence-electron chi connectivity index (χ1n) is 4.51. The average Bonchev–Trinajstić information content (AvgIpc) is 2.18. The molecule has 2 heterocycles. The number of piperazine rings is 1. The predicted octanol–water partition coefficient (Wildman–Crippen LogP) is 0.122. The Morgan fingerprint density at radius 2 is 2.07 bits per heavy atom. The second-order valence-electron chi connectivity index (χ2n) is 3.15. The molecule has 3 N–H and O–H groups in total. The highest BCUT2D eigenvalue weighted by atomic mass is 35.5. The number of nitrogens with zero attached hydrogens (tertiary/aromatic N) is 3. The Morgan fingerprint density at radius 1 is 1.36 bits per heavy atom. The van der Waals surface area contributed by atoms with Gasteiger partial charge in [0.15, 0.2) is 0 Å². The molecule has 0 amide bonds. The third kappa shape index (κ3) is 2.05. The van der Waals surface area contributed by atoms with Crippen molar-refractivity contribution in [1.29, 1.82) is 0 Å². The van der Waals surface area contributed by atoms with Gasteiger partial charge in [-0.05, 0) is 0 Å². The summed E-state index contributed by atoms with van der Waals surface area (Å²) in [5, 5.41) is 3.65. The van der Waals surface area contributed by atoms with Crippen molar-refractivity contribution >= 4 is 23.4 Å². The summed E-state index contributed by atoms with van der Waals surface area (Å²) in [5.74, 6) is 1.04. The van der Waals surface area contributed by atoms with E-state index in [0.717, 1.165) is 26.2 Å². The van der Waals surface area contributed by atoms with Crippen LogP contribution in [0.1, 0.15) is 0 Å². The molecule has 0 bridgehead atoms. The molecular weight excluding hydrogens is 202 g/mol. The van der Waals surface area contributed by atoms with Crippen LogP contribution in [0.5, 0.6) is 0 Å². The number of hydrogen-bond donors (Lipinski definition) is 2. The second kappa shape index (κ2) is 3.98. The van der Waals surface area contributed by atoms with E-state index in [0.29, 0.717) is 16.9 Å². The van der Waals surface area contributed by atoms with Gasteiger partial charge < -0.3 is 16.0 Å². The third-order valence-electron chi connectivity index (χ3n) is 2.10. The summed E-state index contributed by atoms with van der Waals surface area (Å²) in [4.78, 5) is 10.3. The molecule has 0 aliphatic carbocycles. The van der Waals surface area contributed by atoms with E-state index in [1.54, 1.807) is 6.07 Å². The number of nitrogen functional groups attached to an aromatic ring is 1. The summed E-state index contributed by atoms with van der Waals surface area (Å²) in [6.07, 6.45) is 0. The summed E-state index contributed by atoms with van der Waals surface area (Å²) in [7, 11) is 0. The van der Waals surface area contributed by atoms with Crippen molar-refractivity contribution < 1.29 is 0 Å². The normalized spacial score (nSPS) is 17.1. The number of nitrogens with two attached hydrogens (primary N) is 1. The number of nitrogens with one attached hydrogen (secondary N) is 1. The zero-order chi connectivity index (χ0) is 9.97. The number of hydrogen-bond acceptors (Lipinski definition) is 5. The van der Waals surface area contributed by atoms with Gasteiger partial charge in [0, 0.05) is 32.2 Å². The lowest BCUT2D eigenvalue weighted by Crippen LogP contribution is -2.44.